The van der Waals surface area contributed by atoms with Gasteiger partial charge in [0.1, 0.15) is 0 Å². The number of amides is 1. The fourth-order valence-corrected chi connectivity index (χ4v) is 2.61. The number of benzene rings is 1. The third-order valence-electron chi connectivity index (χ3n) is 3.57. The summed E-state index contributed by atoms with van der Waals surface area (Å²) in [6.45, 7) is 1.46. The lowest BCUT2D eigenvalue weighted by molar-refractivity contribution is -0.114. The molecular weight excluding hydrogens is 266 g/mol. The third-order valence-corrected chi connectivity index (χ3v) is 3.57. The van der Waals surface area contributed by atoms with Crippen molar-refractivity contribution in [3.8, 4) is 11.3 Å². The van der Waals surface area contributed by atoms with Crippen LogP contribution in [-0.4, -0.2) is 23.0 Å². The van der Waals surface area contributed by atoms with E-state index in [1.54, 1.807) is 13.3 Å². The van der Waals surface area contributed by atoms with Crippen molar-refractivity contribution in [3.05, 3.63) is 41.3 Å². The maximum Gasteiger partial charge on any atom is 0.223 e. The minimum absolute atomic E-state index is 0.140. The van der Waals surface area contributed by atoms with Gasteiger partial charge in [0, 0.05) is 18.9 Å². The second-order valence-electron chi connectivity index (χ2n) is 5.01. The Morgan fingerprint density at radius 3 is 3.00 bits per heavy atom. The van der Waals surface area contributed by atoms with Gasteiger partial charge in [-0.2, -0.15) is 0 Å². The van der Waals surface area contributed by atoms with E-state index < -0.39 is 0 Å². The summed E-state index contributed by atoms with van der Waals surface area (Å²) in [5, 5.41) is 2.65. The molecule has 1 aliphatic carbocycles. The van der Waals surface area contributed by atoms with E-state index in [0.717, 1.165) is 29.9 Å². The van der Waals surface area contributed by atoms with Crippen molar-refractivity contribution in [2.45, 2.75) is 19.8 Å². The van der Waals surface area contributed by atoms with Crippen molar-refractivity contribution in [1.82, 2.24) is 9.97 Å². The first kappa shape index (κ1) is 13.4. The van der Waals surface area contributed by atoms with Crippen LogP contribution in [0.5, 0.6) is 0 Å². The number of carbonyl (C=O) groups excluding carboxylic acids is 1. The van der Waals surface area contributed by atoms with Crippen molar-refractivity contribution in [3.63, 3.8) is 0 Å². The zero-order valence-corrected chi connectivity index (χ0v) is 12.1. The van der Waals surface area contributed by atoms with Gasteiger partial charge >= 0.3 is 0 Å². The largest absolute Gasteiger partial charge is 0.501 e. The van der Waals surface area contributed by atoms with Gasteiger partial charge in [0.25, 0.3) is 0 Å². The van der Waals surface area contributed by atoms with Crippen LogP contribution in [0.15, 0.2) is 30.2 Å². The van der Waals surface area contributed by atoms with Crippen LogP contribution < -0.4 is 5.32 Å². The Morgan fingerprint density at radius 2 is 2.24 bits per heavy atom. The monoisotopic (exact) mass is 283 g/mol. The Morgan fingerprint density at radius 1 is 1.38 bits per heavy atom. The van der Waals surface area contributed by atoms with Crippen LogP contribution in [0.1, 0.15) is 24.5 Å². The zero-order valence-electron chi connectivity index (χ0n) is 12.1. The van der Waals surface area contributed by atoms with E-state index in [4.69, 9.17) is 4.74 Å². The van der Waals surface area contributed by atoms with Gasteiger partial charge in [0.15, 0.2) is 0 Å². The number of rotatable bonds is 3. The molecule has 1 heterocycles. The summed E-state index contributed by atoms with van der Waals surface area (Å²) in [6, 6.07) is 6.17. The van der Waals surface area contributed by atoms with Crippen LogP contribution in [0.3, 0.4) is 0 Å². The fraction of sp³-hybridized carbons (Fsp3) is 0.250. The molecule has 5 nitrogen and oxygen atoms in total. The Balaban J connectivity index is 1.99. The van der Waals surface area contributed by atoms with Crippen LogP contribution in [0.25, 0.3) is 17.3 Å². The van der Waals surface area contributed by atoms with Crippen LogP contribution in [-0.2, 0) is 16.0 Å². The van der Waals surface area contributed by atoms with E-state index in [-0.39, 0.29) is 5.91 Å². The molecule has 1 amide bonds. The Kier molecular flexibility index (Phi) is 3.48. The van der Waals surface area contributed by atoms with Crippen molar-refractivity contribution < 1.29 is 9.53 Å². The number of allylic oxidation sites excluding steroid dienone is 1. The normalized spacial score (nSPS) is 13.3. The topological polar surface area (TPSA) is 67.0 Å². The predicted molar refractivity (Wildman–Crippen MR) is 81.6 cm³/mol. The molecule has 108 valence electrons. The molecular formula is C16H17N3O2. The minimum atomic E-state index is -0.140. The number of carbonyl (C=O) groups is 1. The van der Waals surface area contributed by atoms with Crippen LogP contribution in [0.4, 0.5) is 5.95 Å². The molecule has 0 saturated heterocycles. The van der Waals surface area contributed by atoms with Gasteiger partial charge in [0.2, 0.25) is 11.9 Å². The van der Waals surface area contributed by atoms with E-state index in [1.165, 1.54) is 18.1 Å². The van der Waals surface area contributed by atoms with Crippen LogP contribution in [0.2, 0.25) is 0 Å². The van der Waals surface area contributed by atoms with Gasteiger partial charge in [-0.1, -0.05) is 18.2 Å². The van der Waals surface area contributed by atoms with Crippen molar-refractivity contribution >= 4 is 17.9 Å². The molecule has 0 fully saturated rings. The molecule has 2 aromatic rings. The van der Waals surface area contributed by atoms with Gasteiger partial charge in [-0.15, -0.1) is 0 Å². The lowest BCUT2D eigenvalue weighted by Crippen LogP contribution is -2.07. The van der Waals surface area contributed by atoms with Crippen LogP contribution in [0, 0.1) is 0 Å². The number of imidazole rings is 1. The summed E-state index contributed by atoms with van der Waals surface area (Å²) in [5.74, 6) is 1.33. The maximum absolute atomic E-state index is 11.1. The standard InChI is InChI=1S/C16H17N3O2/c1-10(20)18-16-17-9-15(19-16)14-5-3-4-11-8-12(21-2)6-7-13(11)14/h3-5,8-9H,6-7H2,1-2H3,(H2,17,18,19,20). The van der Waals surface area contributed by atoms with Crippen molar-refractivity contribution in [2.75, 3.05) is 12.4 Å². The molecule has 1 aromatic heterocycles. The summed E-state index contributed by atoms with van der Waals surface area (Å²) in [6.07, 6.45) is 5.65. The van der Waals surface area contributed by atoms with Crippen molar-refractivity contribution in [1.29, 1.82) is 0 Å². The van der Waals surface area contributed by atoms with E-state index in [1.807, 2.05) is 6.07 Å². The number of aromatic nitrogens is 2. The number of ether oxygens (including phenoxy) is 1. The van der Waals surface area contributed by atoms with Gasteiger partial charge in [-0.05, 0) is 23.6 Å². The number of aromatic amines is 1. The smallest absolute Gasteiger partial charge is 0.223 e. The quantitative estimate of drug-likeness (QED) is 0.910. The molecule has 5 heteroatoms. The van der Waals surface area contributed by atoms with Gasteiger partial charge in [-0.3, -0.25) is 10.1 Å². The summed E-state index contributed by atoms with van der Waals surface area (Å²) < 4.78 is 5.33. The second kappa shape index (κ2) is 5.44. The van der Waals surface area contributed by atoms with E-state index in [0.29, 0.717) is 5.95 Å². The number of nitrogens with one attached hydrogen (secondary N) is 2. The lowest BCUT2D eigenvalue weighted by Gasteiger charge is -2.18. The molecule has 1 aromatic carbocycles. The highest BCUT2D eigenvalue weighted by molar-refractivity contribution is 5.87. The molecule has 0 radical (unpaired) electrons. The van der Waals surface area contributed by atoms with Gasteiger partial charge in [-0.25, -0.2) is 4.98 Å². The maximum atomic E-state index is 11.1. The predicted octanol–water partition coefficient (Wildman–Crippen LogP) is 2.97. The molecule has 0 spiro atoms. The Labute approximate surface area is 123 Å². The molecule has 1 aliphatic rings. The number of methoxy groups -OCH3 is 1. The van der Waals surface area contributed by atoms with E-state index >= 15 is 0 Å². The average Bonchev–Trinajstić information content (AvgIpc) is 2.93. The highest BCUT2D eigenvalue weighted by Crippen LogP contribution is 2.32. The average molecular weight is 283 g/mol. The number of H-pyrrole nitrogens is 1. The number of fused-ring (bicyclic) bond motifs is 1. The molecule has 21 heavy (non-hydrogen) atoms. The third kappa shape index (κ3) is 2.67. The molecule has 0 bridgehead atoms. The first-order valence-corrected chi connectivity index (χ1v) is 6.87. The van der Waals surface area contributed by atoms with Crippen LogP contribution >= 0.6 is 0 Å². The van der Waals surface area contributed by atoms with Gasteiger partial charge in [0.05, 0.1) is 24.8 Å². The molecule has 0 saturated carbocycles. The second-order valence-corrected chi connectivity index (χ2v) is 5.01. The summed E-state index contributed by atoms with van der Waals surface area (Å²) in [7, 11) is 1.70. The first-order chi connectivity index (χ1) is 10.2. The van der Waals surface area contributed by atoms with Crippen molar-refractivity contribution in [2.24, 2.45) is 0 Å². The highest BCUT2D eigenvalue weighted by Gasteiger charge is 2.16. The molecule has 0 aliphatic heterocycles. The Bertz CT molecular complexity index is 716. The number of nitrogens with zero attached hydrogens (tertiary/aromatic N) is 1. The molecule has 0 atom stereocenters. The number of hydrogen-bond donors (Lipinski definition) is 2. The molecule has 2 N–H and O–H groups in total. The summed E-state index contributed by atoms with van der Waals surface area (Å²) in [5.41, 5.74) is 4.47. The Hall–Kier alpha value is -2.56. The fourth-order valence-electron chi connectivity index (χ4n) is 2.61. The van der Waals surface area contributed by atoms with Gasteiger partial charge < -0.3 is 9.72 Å². The SMILES string of the molecule is COC1=Cc2cccc(-c3cnc(NC(C)=O)[nH]3)c2CC1. The van der Waals surface area contributed by atoms with E-state index in [2.05, 4.69) is 33.5 Å². The number of hydrogen-bond acceptors (Lipinski definition) is 3. The number of anilines is 1. The zero-order chi connectivity index (χ0) is 14.8. The summed E-state index contributed by atoms with van der Waals surface area (Å²) >= 11 is 0. The minimum Gasteiger partial charge on any atom is -0.501 e. The summed E-state index contributed by atoms with van der Waals surface area (Å²) in [4.78, 5) is 18.4. The highest BCUT2D eigenvalue weighted by atomic mass is 16.5. The first-order valence-electron chi connectivity index (χ1n) is 6.87. The molecule has 0 unspecified atom stereocenters. The van der Waals surface area contributed by atoms with E-state index in [9.17, 15) is 4.79 Å². The molecule has 3 rings (SSSR count). The lowest BCUT2D eigenvalue weighted by atomic mass is 9.91.